The predicted molar refractivity (Wildman–Crippen MR) is 114 cm³/mol. The molecule has 0 radical (unpaired) electrons. The molecule has 3 heterocycles. The molecule has 3 aromatic rings. The Bertz CT molecular complexity index is 1070. The van der Waals surface area contributed by atoms with Crippen LogP contribution in [0.2, 0.25) is 0 Å². The standard InChI is InChI=1S/C19H23N5O2S2/c1-23-8-10-24(11-9-23)19-18-16(6-7-21-19)27-13-17(18)28(25,26)22-15-4-2-14(12-20)3-5-15/h2-7,13,22H,8-12,20H2,1H3. The molecule has 148 valence electrons. The highest BCUT2D eigenvalue weighted by atomic mass is 32.2. The van der Waals surface area contributed by atoms with Crippen LogP contribution in [0, 0.1) is 0 Å². The second-order valence-electron chi connectivity index (χ2n) is 6.90. The maximum absolute atomic E-state index is 13.1. The van der Waals surface area contributed by atoms with Crippen molar-refractivity contribution in [3.63, 3.8) is 0 Å². The summed E-state index contributed by atoms with van der Waals surface area (Å²) >= 11 is 1.42. The number of hydrogen-bond donors (Lipinski definition) is 2. The summed E-state index contributed by atoms with van der Waals surface area (Å²) in [5.74, 6) is 0.741. The van der Waals surface area contributed by atoms with E-state index < -0.39 is 10.0 Å². The Kier molecular flexibility index (Phi) is 5.24. The number of benzene rings is 1. The van der Waals surface area contributed by atoms with E-state index in [0.29, 0.717) is 17.6 Å². The second-order valence-corrected chi connectivity index (χ2v) is 9.47. The third-order valence-electron chi connectivity index (χ3n) is 4.97. The van der Waals surface area contributed by atoms with Gasteiger partial charge in [0.2, 0.25) is 0 Å². The van der Waals surface area contributed by atoms with Crippen molar-refractivity contribution in [1.29, 1.82) is 0 Å². The third-order valence-corrected chi connectivity index (χ3v) is 7.47. The van der Waals surface area contributed by atoms with Gasteiger partial charge in [-0.2, -0.15) is 0 Å². The van der Waals surface area contributed by atoms with Crippen molar-refractivity contribution < 1.29 is 8.42 Å². The topological polar surface area (TPSA) is 91.6 Å². The molecular weight excluding hydrogens is 394 g/mol. The van der Waals surface area contributed by atoms with Gasteiger partial charge in [0.05, 0.1) is 5.39 Å². The number of anilines is 2. The molecule has 1 aromatic carbocycles. The van der Waals surface area contributed by atoms with Gasteiger partial charge in [0, 0.05) is 54.7 Å². The highest BCUT2D eigenvalue weighted by Crippen LogP contribution is 2.36. The van der Waals surface area contributed by atoms with Gasteiger partial charge in [-0.25, -0.2) is 13.4 Å². The SMILES string of the molecule is CN1CCN(c2nccc3scc(S(=O)(=O)Nc4ccc(CN)cc4)c23)CC1. The zero-order valence-corrected chi connectivity index (χ0v) is 17.3. The molecule has 2 aromatic heterocycles. The van der Waals surface area contributed by atoms with Crippen molar-refractivity contribution in [2.75, 3.05) is 42.8 Å². The molecule has 28 heavy (non-hydrogen) atoms. The molecule has 7 nitrogen and oxygen atoms in total. The predicted octanol–water partition coefficient (Wildman–Crippen LogP) is 2.31. The Balaban J connectivity index is 1.71. The van der Waals surface area contributed by atoms with Gasteiger partial charge in [-0.05, 0) is 30.8 Å². The van der Waals surface area contributed by atoms with Crippen LogP contribution in [0.15, 0.2) is 46.8 Å². The zero-order chi connectivity index (χ0) is 19.7. The van der Waals surface area contributed by atoms with Crippen molar-refractivity contribution in [3.05, 3.63) is 47.5 Å². The first-order valence-electron chi connectivity index (χ1n) is 9.09. The van der Waals surface area contributed by atoms with Crippen molar-refractivity contribution in [2.45, 2.75) is 11.4 Å². The Morgan fingerprint density at radius 2 is 1.86 bits per heavy atom. The van der Waals surface area contributed by atoms with Crippen LogP contribution < -0.4 is 15.4 Å². The second kappa shape index (κ2) is 7.67. The van der Waals surface area contributed by atoms with Crippen molar-refractivity contribution in [3.8, 4) is 0 Å². The van der Waals surface area contributed by atoms with Crippen LogP contribution in [0.1, 0.15) is 5.56 Å². The Morgan fingerprint density at radius 3 is 2.54 bits per heavy atom. The largest absolute Gasteiger partial charge is 0.353 e. The normalized spacial score (nSPS) is 15.9. The molecule has 1 fully saturated rings. The maximum Gasteiger partial charge on any atom is 0.263 e. The maximum atomic E-state index is 13.1. The monoisotopic (exact) mass is 417 g/mol. The minimum absolute atomic E-state index is 0.275. The summed E-state index contributed by atoms with van der Waals surface area (Å²) in [4.78, 5) is 9.24. The van der Waals surface area contributed by atoms with Crippen LogP contribution in [0.4, 0.5) is 11.5 Å². The number of sulfonamides is 1. The number of hydrogen-bond acceptors (Lipinski definition) is 7. The minimum Gasteiger partial charge on any atom is -0.353 e. The summed E-state index contributed by atoms with van der Waals surface area (Å²) in [6.07, 6.45) is 1.75. The molecule has 0 bridgehead atoms. The average molecular weight is 418 g/mol. The molecule has 4 rings (SSSR count). The molecule has 0 amide bonds. The van der Waals surface area contributed by atoms with Gasteiger partial charge in [-0.15, -0.1) is 11.3 Å². The van der Waals surface area contributed by atoms with Gasteiger partial charge in [-0.3, -0.25) is 4.72 Å². The molecule has 1 aliphatic heterocycles. The number of fused-ring (bicyclic) bond motifs is 1. The lowest BCUT2D eigenvalue weighted by atomic mass is 10.2. The van der Waals surface area contributed by atoms with Crippen LogP contribution in [0.5, 0.6) is 0 Å². The van der Waals surface area contributed by atoms with E-state index in [0.717, 1.165) is 42.3 Å². The summed E-state index contributed by atoms with van der Waals surface area (Å²) in [6, 6.07) is 8.97. The summed E-state index contributed by atoms with van der Waals surface area (Å²) in [5, 5.41) is 2.39. The van der Waals surface area contributed by atoms with Crippen LogP contribution >= 0.6 is 11.3 Å². The fourth-order valence-corrected chi connectivity index (χ4v) is 5.87. The number of thiophene rings is 1. The molecule has 1 aliphatic rings. The Labute approximate surface area is 168 Å². The molecule has 9 heteroatoms. The average Bonchev–Trinajstić information content (AvgIpc) is 3.14. The van der Waals surface area contributed by atoms with E-state index in [2.05, 4.69) is 26.6 Å². The van der Waals surface area contributed by atoms with Gasteiger partial charge in [0.1, 0.15) is 10.7 Å². The van der Waals surface area contributed by atoms with Crippen LogP contribution in [0.25, 0.3) is 10.1 Å². The summed E-state index contributed by atoms with van der Waals surface area (Å²) in [5.41, 5.74) is 7.08. The molecule has 0 spiro atoms. The molecule has 0 atom stereocenters. The molecular formula is C19H23N5O2S2. The van der Waals surface area contributed by atoms with E-state index >= 15 is 0 Å². The van der Waals surface area contributed by atoms with Crippen molar-refractivity contribution in [2.24, 2.45) is 5.73 Å². The highest BCUT2D eigenvalue weighted by molar-refractivity contribution is 7.93. The lowest BCUT2D eigenvalue weighted by Gasteiger charge is -2.33. The number of nitrogens with one attached hydrogen (secondary N) is 1. The van der Waals surface area contributed by atoms with Crippen LogP contribution in [-0.4, -0.2) is 51.5 Å². The van der Waals surface area contributed by atoms with E-state index in [-0.39, 0.29) is 4.90 Å². The summed E-state index contributed by atoms with van der Waals surface area (Å²) < 4.78 is 29.9. The van der Waals surface area contributed by atoms with E-state index in [9.17, 15) is 8.42 Å². The number of likely N-dealkylation sites (N-methyl/N-ethyl adjacent to an activating group) is 1. The Hall–Kier alpha value is -2.20. The van der Waals surface area contributed by atoms with Gasteiger partial charge in [-0.1, -0.05) is 12.1 Å². The molecule has 0 aliphatic carbocycles. The number of pyridine rings is 1. The van der Waals surface area contributed by atoms with Gasteiger partial charge in [0.15, 0.2) is 0 Å². The summed E-state index contributed by atoms with van der Waals surface area (Å²) in [6.45, 7) is 3.92. The van der Waals surface area contributed by atoms with Crippen LogP contribution in [0.3, 0.4) is 0 Å². The lowest BCUT2D eigenvalue weighted by molar-refractivity contribution is 0.312. The lowest BCUT2D eigenvalue weighted by Crippen LogP contribution is -2.44. The van der Waals surface area contributed by atoms with E-state index in [1.165, 1.54) is 11.3 Å². The van der Waals surface area contributed by atoms with E-state index in [4.69, 9.17) is 5.73 Å². The third kappa shape index (κ3) is 3.70. The van der Waals surface area contributed by atoms with Gasteiger partial charge >= 0.3 is 0 Å². The highest BCUT2D eigenvalue weighted by Gasteiger charge is 2.25. The van der Waals surface area contributed by atoms with Gasteiger partial charge < -0.3 is 15.5 Å². The smallest absolute Gasteiger partial charge is 0.263 e. The fourth-order valence-electron chi connectivity index (χ4n) is 3.31. The zero-order valence-electron chi connectivity index (χ0n) is 15.6. The number of nitrogens with zero attached hydrogens (tertiary/aromatic N) is 3. The first-order valence-corrected chi connectivity index (χ1v) is 11.5. The number of nitrogens with two attached hydrogens (primary N) is 1. The van der Waals surface area contributed by atoms with E-state index in [1.807, 2.05) is 18.2 Å². The minimum atomic E-state index is -3.74. The Morgan fingerprint density at radius 1 is 1.14 bits per heavy atom. The number of piperazine rings is 1. The number of aromatic nitrogens is 1. The molecule has 0 unspecified atom stereocenters. The number of rotatable bonds is 5. The molecule has 3 N–H and O–H groups in total. The quantitative estimate of drug-likeness (QED) is 0.662. The van der Waals surface area contributed by atoms with E-state index in [1.54, 1.807) is 23.7 Å². The molecule has 1 saturated heterocycles. The van der Waals surface area contributed by atoms with Crippen LogP contribution in [-0.2, 0) is 16.6 Å². The molecule has 0 saturated carbocycles. The van der Waals surface area contributed by atoms with Crippen molar-refractivity contribution >= 4 is 43.0 Å². The first-order chi connectivity index (χ1) is 13.5. The van der Waals surface area contributed by atoms with Gasteiger partial charge in [0.25, 0.3) is 10.0 Å². The van der Waals surface area contributed by atoms with Crippen molar-refractivity contribution in [1.82, 2.24) is 9.88 Å². The summed E-state index contributed by atoms with van der Waals surface area (Å²) in [7, 11) is -1.65. The fraction of sp³-hybridized carbons (Fsp3) is 0.316. The first kappa shape index (κ1) is 19.1.